The third kappa shape index (κ3) is 3.83. The second kappa shape index (κ2) is 8.41. The normalized spacial score (nSPS) is 26.2. The Morgan fingerprint density at radius 2 is 1.91 bits per heavy atom. The Morgan fingerprint density at radius 3 is 2.82 bits per heavy atom. The summed E-state index contributed by atoms with van der Waals surface area (Å²) in [5.74, 6) is 1.97. The lowest BCUT2D eigenvalue weighted by Crippen LogP contribution is -2.50. The monoisotopic (exact) mass is 441 g/mol. The molecule has 2 aromatic carbocycles. The number of aromatic nitrogens is 2. The van der Waals surface area contributed by atoms with Gasteiger partial charge in [-0.25, -0.2) is 4.98 Å². The average Bonchev–Trinajstić information content (AvgIpc) is 3.26. The molecule has 2 bridgehead atoms. The highest BCUT2D eigenvalue weighted by atomic mass is 16.3. The van der Waals surface area contributed by atoms with Crippen molar-refractivity contribution in [3.8, 4) is 0 Å². The van der Waals surface area contributed by atoms with Crippen LogP contribution >= 0.6 is 0 Å². The summed E-state index contributed by atoms with van der Waals surface area (Å²) in [6.07, 6.45) is 8.64. The molecule has 4 heteroatoms. The first kappa shape index (κ1) is 21.1. The molecule has 1 heterocycles. The second-order valence-corrected chi connectivity index (χ2v) is 10.6. The minimum atomic E-state index is -0.556. The summed E-state index contributed by atoms with van der Waals surface area (Å²) in [7, 11) is 2.20. The highest BCUT2D eigenvalue weighted by Crippen LogP contribution is 2.57. The molecule has 1 aromatic heterocycles. The average molecular weight is 442 g/mol. The number of benzene rings is 2. The van der Waals surface area contributed by atoms with Crippen LogP contribution in [-0.2, 0) is 12.8 Å². The Labute approximate surface area is 196 Å². The molecule has 172 valence electrons. The maximum Gasteiger partial charge on any atom is 0.107 e. The zero-order valence-corrected chi connectivity index (χ0v) is 19.7. The van der Waals surface area contributed by atoms with E-state index in [1.807, 2.05) is 12.1 Å². The number of imidazole rings is 1. The number of aryl methyl sites for hydroxylation is 2. The van der Waals surface area contributed by atoms with Crippen molar-refractivity contribution in [2.45, 2.75) is 57.0 Å². The number of rotatable bonds is 7. The van der Waals surface area contributed by atoms with E-state index in [0.717, 1.165) is 62.1 Å². The van der Waals surface area contributed by atoms with Crippen LogP contribution in [0.5, 0.6) is 0 Å². The molecule has 0 amide bonds. The van der Waals surface area contributed by atoms with Crippen molar-refractivity contribution in [3.63, 3.8) is 0 Å². The minimum absolute atomic E-state index is 0.308. The van der Waals surface area contributed by atoms with Crippen molar-refractivity contribution >= 4 is 16.6 Å². The van der Waals surface area contributed by atoms with Crippen LogP contribution in [0.3, 0.4) is 0 Å². The van der Waals surface area contributed by atoms with Crippen molar-refractivity contribution in [2.75, 3.05) is 20.1 Å². The van der Waals surface area contributed by atoms with Gasteiger partial charge in [-0.2, -0.15) is 0 Å². The van der Waals surface area contributed by atoms with Gasteiger partial charge in [-0.3, -0.25) is 0 Å². The van der Waals surface area contributed by atoms with Crippen molar-refractivity contribution in [3.05, 3.63) is 71.1 Å². The van der Waals surface area contributed by atoms with Gasteiger partial charge in [-0.05, 0) is 93.3 Å². The summed E-state index contributed by atoms with van der Waals surface area (Å²) in [6.45, 7) is 1.97. The second-order valence-electron chi connectivity index (χ2n) is 10.6. The first-order valence-corrected chi connectivity index (χ1v) is 12.8. The summed E-state index contributed by atoms with van der Waals surface area (Å²) < 4.78 is 0. The van der Waals surface area contributed by atoms with Crippen LogP contribution in [0.15, 0.2) is 54.1 Å². The summed E-state index contributed by atoms with van der Waals surface area (Å²) in [4.78, 5) is 10.5. The number of aromatic amines is 1. The Balaban J connectivity index is 1.08. The fourth-order valence-corrected chi connectivity index (χ4v) is 6.84. The zero-order chi connectivity index (χ0) is 22.4. The van der Waals surface area contributed by atoms with Crippen molar-refractivity contribution < 1.29 is 5.11 Å². The van der Waals surface area contributed by atoms with E-state index in [1.54, 1.807) is 5.57 Å². The van der Waals surface area contributed by atoms with Gasteiger partial charge in [0.25, 0.3) is 0 Å². The number of aliphatic hydroxyl groups is 1. The van der Waals surface area contributed by atoms with Crippen LogP contribution in [0.2, 0.25) is 0 Å². The first-order chi connectivity index (χ1) is 16.1. The van der Waals surface area contributed by atoms with Crippen molar-refractivity contribution in [2.24, 2.45) is 11.8 Å². The minimum Gasteiger partial charge on any atom is -0.389 e. The molecule has 1 fully saturated rings. The molecule has 7 rings (SSSR count). The van der Waals surface area contributed by atoms with Crippen LogP contribution in [0.1, 0.15) is 55.5 Å². The van der Waals surface area contributed by atoms with E-state index in [4.69, 9.17) is 4.98 Å². The number of H-pyrrole nitrogens is 1. The van der Waals surface area contributed by atoms with Gasteiger partial charge in [0.2, 0.25) is 0 Å². The number of nitrogens with zero attached hydrogens (tertiary/aromatic N) is 2. The summed E-state index contributed by atoms with van der Waals surface area (Å²) in [5, 5.41) is 11.9. The Morgan fingerprint density at radius 1 is 1.06 bits per heavy atom. The topological polar surface area (TPSA) is 52.2 Å². The predicted molar refractivity (Wildman–Crippen MR) is 134 cm³/mol. The number of hydrogen-bond donors (Lipinski definition) is 2. The molecule has 3 unspecified atom stereocenters. The zero-order valence-electron chi connectivity index (χ0n) is 19.7. The Kier molecular flexibility index (Phi) is 5.38. The highest BCUT2D eigenvalue weighted by molar-refractivity contribution is 5.78. The quantitative estimate of drug-likeness (QED) is 0.518. The van der Waals surface area contributed by atoms with Gasteiger partial charge in [0.15, 0.2) is 0 Å². The third-order valence-electron chi connectivity index (χ3n) is 8.53. The van der Waals surface area contributed by atoms with Crippen LogP contribution in [-0.4, -0.2) is 45.7 Å². The largest absolute Gasteiger partial charge is 0.389 e. The molecule has 3 aromatic rings. The van der Waals surface area contributed by atoms with Gasteiger partial charge in [0.05, 0.1) is 16.6 Å². The molecule has 1 saturated carbocycles. The molecule has 0 aliphatic heterocycles. The molecule has 0 spiro atoms. The number of allylic oxidation sites excluding steroid dienone is 1. The molecule has 2 N–H and O–H groups in total. The fraction of sp³-hybridized carbons (Fsp3) is 0.483. The lowest BCUT2D eigenvalue weighted by atomic mass is 9.55. The van der Waals surface area contributed by atoms with Gasteiger partial charge in [-0.1, -0.05) is 42.0 Å². The summed E-state index contributed by atoms with van der Waals surface area (Å²) in [5.41, 5.74) is 7.73. The molecule has 33 heavy (non-hydrogen) atoms. The van der Waals surface area contributed by atoms with Gasteiger partial charge in [0, 0.05) is 18.9 Å². The van der Waals surface area contributed by atoms with Gasteiger partial charge in [-0.15, -0.1) is 0 Å². The molecular formula is C29H35N3O. The van der Waals surface area contributed by atoms with Gasteiger partial charge >= 0.3 is 0 Å². The van der Waals surface area contributed by atoms with Crippen molar-refractivity contribution in [1.82, 2.24) is 14.9 Å². The van der Waals surface area contributed by atoms with Crippen LogP contribution in [0.4, 0.5) is 0 Å². The predicted octanol–water partition coefficient (Wildman–Crippen LogP) is 5.38. The Bertz CT molecular complexity index is 1160. The maximum absolute atomic E-state index is 11.9. The first-order valence-electron chi connectivity index (χ1n) is 12.8. The van der Waals surface area contributed by atoms with Gasteiger partial charge in [0.1, 0.15) is 5.82 Å². The smallest absolute Gasteiger partial charge is 0.107 e. The standard InChI is InChI=1S/C29H35N3O/c1-32(17-6-11-27-30-25-9-4-5-10-26(25)31-27)18-16-29(33)19-21-13-15-24(29)28-22-8-3-2-7-20(22)12-14-23(21)28/h2-5,7-10,21,24,33H,6,11-19H2,1H3,(H,30,31). The molecule has 3 atom stereocenters. The van der Waals surface area contributed by atoms with Crippen LogP contribution < -0.4 is 0 Å². The number of hydrogen-bond acceptors (Lipinski definition) is 3. The van der Waals surface area contributed by atoms with E-state index >= 15 is 0 Å². The molecule has 0 radical (unpaired) electrons. The maximum atomic E-state index is 11.9. The van der Waals surface area contributed by atoms with E-state index in [2.05, 4.69) is 53.3 Å². The van der Waals surface area contributed by atoms with Gasteiger partial charge < -0.3 is 15.0 Å². The number of nitrogens with one attached hydrogen (secondary N) is 1. The summed E-state index contributed by atoms with van der Waals surface area (Å²) in [6, 6.07) is 17.2. The summed E-state index contributed by atoms with van der Waals surface area (Å²) >= 11 is 0. The van der Waals surface area contributed by atoms with E-state index in [1.165, 1.54) is 36.0 Å². The molecule has 4 nitrogen and oxygen atoms in total. The highest BCUT2D eigenvalue weighted by Gasteiger charge is 2.51. The molecule has 4 aliphatic carbocycles. The van der Waals surface area contributed by atoms with E-state index in [9.17, 15) is 5.11 Å². The van der Waals surface area contributed by atoms with Crippen molar-refractivity contribution in [1.29, 1.82) is 0 Å². The Hall–Kier alpha value is -2.43. The lowest BCUT2D eigenvalue weighted by Gasteiger charge is -2.53. The fourth-order valence-electron chi connectivity index (χ4n) is 6.84. The van der Waals surface area contributed by atoms with E-state index < -0.39 is 5.60 Å². The molecule has 0 saturated heterocycles. The lowest BCUT2D eigenvalue weighted by molar-refractivity contribution is -0.0588. The number of fused-ring (bicyclic) bond motifs is 4. The molecular weight excluding hydrogens is 406 g/mol. The van der Waals surface area contributed by atoms with E-state index in [-0.39, 0.29) is 0 Å². The number of para-hydroxylation sites is 2. The molecule has 4 aliphatic rings. The van der Waals surface area contributed by atoms with Crippen LogP contribution in [0.25, 0.3) is 16.6 Å². The third-order valence-corrected chi connectivity index (χ3v) is 8.53. The van der Waals surface area contributed by atoms with Crippen LogP contribution in [0, 0.1) is 11.8 Å². The SMILES string of the molecule is CN(CCCc1nc2ccccc2[nH]1)CCC1(O)CC2CCC1C1=C2CCc2ccccc21. The van der Waals surface area contributed by atoms with E-state index in [0.29, 0.717) is 11.8 Å².